The van der Waals surface area contributed by atoms with Gasteiger partial charge in [0.25, 0.3) is 5.91 Å². The van der Waals surface area contributed by atoms with Gasteiger partial charge >= 0.3 is 0 Å². The summed E-state index contributed by atoms with van der Waals surface area (Å²) in [5, 5.41) is 8.47. The number of alkyl halides is 2. The summed E-state index contributed by atoms with van der Waals surface area (Å²) in [5.41, 5.74) is 1.69. The van der Waals surface area contributed by atoms with Gasteiger partial charge < -0.3 is 0 Å². The molecule has 0 saturated carbocycles. The highest BCUT2D eigenvalue weighted by molar-refractivity contribution is 9.10. The predicted molar refractivity (Wildman–Crippen MR) is 55.2 cm³/mol. The second kappa shape index (κ2) is 5.86. The number of rotatable bonds is 4. The van der Waals surface area contributed by atoms with E-state index in [0.29, 0.717) is 10.0 Å². The number of carbonyl (C=O) groups excluding carboxylic acids is 1. The molecule has 0 radical (unpaired) electrons. The minimum absolute atomic E-state index is 0.321. The molecule has 7 heteroatoms. The third-order valence-corrected chi connectivity index (χ3v) is 2.40. The smallest absolute Gasteiger partial charge is 0.251 e. The third-order valence-electron chi connectivity index (χ3n) is 1.97. The average molecular weight is 295 g/mol. The first-order chi connectivity index (χ1) is 7.54. The molecule has 16 heavy (non-hydrogen) atoms. The maximum Gasteiger partial charge on any atom is 0.251 e. The molecule has 1 aromatic rings. The minimum atomic E-state index is -2.64. The number of hydrogen-bond donors (Lipinski definition) is 2. The fraction of sp³-hybridized carbons (Fsp3) is 0.333. The van der Waals surface area contributed by atoms with Gasteiger partial charge in [-0.1, -0.05) is 0 Å². The van der Waals surface area contributed by atoms with Crippen molar-refractivity contribution < 1.29 is 18.8 Å². The van der Waals surface area contributed by atoms with E-state index in [1.807, 2.05) is 0 Å². The predicted octanol–water partition coefficient (Wildman–Crippen LogP) is 2.09. The third kappa shape index (κ3) is 3.49. The molecule has 1 rings (SSSR count). The first-order valence-corrected chi connectivity index (χ1v) is 5.16. The molecule has 88 valence electrons. The Morgan fingerprint density at radius 2 is 2.25 bits per heavy atom. The van der Waals surface area contributed by atoms with Gasteiger partial charge in [0.1, 0.15) is 0 Å². The van der Waals surface area contributed by atoms with E-state index >= 15 is 0 Å². The lowest BCUT2D eigenvalue weighted by Gasteiger charge is -2.14. The molecule has 0 fully saturated rings. The van der Waals surface area contributed by atoms with E-state index < -0.39 is 24.7 Å². The number of amides is 1. The van der Waals surface area contributed by atoms with E-state index in [1.165, 1.54) is 23.9 Å². The van der Waals surface area contributed by atoms with Gasteiger partial charge in [0.15, 0.2) is 0 Å². The minimum Gasteiger partial charge on any atom is -0.289 e. The van der Waals surface area contributed by atoms with Crippen LogP contribution in [0.4, 0.5) is 8.78 Å². The molecule has 0 bridgehead atoms. The van der Waals surface area contributed by atoms with E-state index in [0.717, 1.165) is 0 Å². The van der Waals surface area contributed by atoms with Gasteiger partial charge in [-0.25, -0.2) is 14.3 Å². The van der Waals surface area contributed by atoms with E-state index in [-0.39, 0.29) is 0 Å². The highest BCUT2D eigenvalue weighted by Crippen LogP contribution is 2.24. The largest absolute Gasteiger partial charge is 0.289 e. The summed E-state index contributed by atoms with van der Waals surface area (Å²) in [5.74, 6) is -1.99. The topological polar surface area (TPSA) is 62.2 Å². The molecular formula is C9H9BrF2N2O2. The summed E-state index contributed by atoms with van der Waals surface area (Å²) in [6.45, 7) is 0. The van der Waals surface area contributed by atoms with Crippen LogP contribution in [0.3, 0.4) is 0 Å². The Morgan fingerprint density at radius 3 is 2.75 bits per heavy atom. The maximum atomic E-state index is 12.3. The molecule has 0 aliphatic rings. The Morgan fingerprint density at radius 1 is 1.56 bits per heavy atom. The molecule has 1 amide bonds. The van der Waals surface area contributed by atoms with Gasteiger partial charge in [0.2, 0.25) is 6.43 Å². The van der Waals surface area contributed by atoms with Crippen LogP contribution in [0.15, 0.2) is 22.9 Å². The number of pyridine rings is 1. The van der Waals surface area contributed by atoms with Gasteiger partial charge in [-0.2, -0.15) is 0 Å². The Labute approximate surface area is 98.8 Å². The molecular weight excluding hydrogens is 286 g/mol. The molecule has 0 aromatic carbocycles. The summed E-state index contributed by atoms with van der Waals surface area (Å²) >= 11 is 3.12. The number of carbonyl (C=O) groups is 1. The molecule has 0 aliphatic carbocycles. The normalized spacial score (nSPS) is 12.6. The quantitative estimate of drug-likeness (QED) is 0.660. The monoisotopic (exact) mass is 294 g/mol. The van der Waals surface area contributed by atoms with E-state index in [4.69, 9.17) is 5.21 Å². The first kappa shape index (κ1) is 13.0. The zero-order valence-corrected chi connectivity index (χ0v) is 9.62. The van der Waals surface area contributed by atoms with Crippen LogP contribution >= 0.6 is 15.9 Å². The molecule has 0 saturated heterocycles. The molecule has 1 unspecified atom stereocenters. The van der Waals surface area contributed by atoms with Crippen molar-refractivity contribution in [3.05, 3.63) is 28.5 Å². The van der Waals surface area contributed by atoms with Crippen molar-refractivity contribution in [2.24, 2.45) is 0 Å². The van der Waals surface area contributed by atoms with Gasteiger partial charge in [-0.05, 0) is 27.6 Å². The van der Waals surface area contributed by atoms with Crippen molar-refractivity contribution in [3.8, 4) is 0 Å². The summed E-state index contributed by atoms with van der Waals surface area (Å²) in [6, 6.07) is 1.51. The van der Waals surface area contributed by atoms with Crippen LogP contribution in [0.2, 0.25) is 0 Å². The van der Waals surface area contributed by atoms with Gasteiger partial charge in [0, 0.05) is 23.3 Å². The lowest BCUT2D eigenvalue weighted by Crippen LogP contribution is -2.27. The van der Waals surface area contributed by atoms with Gasteiger partial charge in [-0.15, -0.1) is 0 Å². The van der Waals surface area contributed by atoms with E-state index in [1.54, 1.807) is 0 Å². The van der Waals surface area contributed by atoms with Crippen molar-refractivity contribution >= 4 is 21.8 Å². The molecule has 1 atom stereocenters. The van der Waals surface area contributed by atoms with Gasteiger partial charge in [0.05, 0.1) is 5.92 Å². The van der Waals surface area contributed by atoms with E-state index in [9.17, 15) is 13.6 Å². The van der Waals surface area contributed by atoms with Crippen molar-refractivity contribution in [2.45, 2.75) is 18.8 Å². The van der Waals surface area contributed by atoms with Crippen LogP contribution < -0.4 is 5.48 Å². The molecule has 1 heterocycles. The lowest BCUT2D eigenvalue weighted by molar-refractivity contribution is -0.131. The Hall–Kier alpha value is -1.08. The zero-order valence-electron chi connectivity index (χ0n) is 8.03. The Bertz CT molecular complexity index is 376. The number of nitrogens with zero attached hydrogens (tertiary/aromatic N) is 1. The van der Waals surface area contributed by atoms with Crippen LogP contribution in [0.25, 0.3) is 0 Å². The SMILES string of the molecule is O=C(NO)C(CC(F)F)c1cncc(Br)c1. The Kier molecular flexibility index (Phi) is 4.75. The van der Waals surface area contributed by atoms with Crippen molar-refractivity contribution in [1.82, 2.24) is 10.5 Å². The van der Waals surface area contributed by atoms with Gasteiger partial charge in [-0.3, -0.25) is 15.0 Å². The number of nitrogens with one attached hydrogen (secondary N) is 1. The summed E-state index contributed by atoms with van der Waals surface area (Å²) in [4.78, 5) is 15.0. The number of hydrogen-bond acceptors (Lipinski definition) is 3. The Balaban J connectivity index is 2.96. The maximum absolute atomic E-state index is 12.3. The lowest BCUT2D eigenvalue weighted by atomic mass is 9.97. The van der Waals surface area contributed by atoms with Crippen LogP contribution in [0, 0.1) is 0 Å². The molecule has 0 spiro atoms. The fourth-order valence-corrected chi connectivity index (χ4v) is 1.65. The van der Waals surface area contributed by atoms with Crippen LogP contribution in [-0.2, 0) is 4.79 Å². The first-order valence-electron chi connectivity index (χ1n) is 4.37. The van der Waals surface area contributed by atoms with E-state index in [2.05, 4.69) is 20.9 Å². The van der Waals surface area contributed by atoms with Crippen LogP contribution in [0.5, 0.6) is 0 Å². The van der Waals surface area contributed by atoms with Crippen molar-refractivity contribution in [3.63, 3.8) is 0 Å². The average Bonchev–Trinajstić information content (AvgIpc) is 2.24. The van der Waals surface area contributed by atoms with Crippen LogP contribution in [-0.4, -0.2) is 22.5 Å². The fourth-order valence-electron chi connectivity index (χ4n) is 1.27. The zero-order chi connectivity index (χ0) is 12.1. The molecule has 0 aliphatic heterocycles. The number of halogens is 3. The standard InChI is InChI=1S/C9H9BrF2N2O2/c10-6-1-5(3-13-4-6)7(2-8(11)12)9(15)14-16/h1,3-4,7-8,16H,2H2,(H,14,15). The second-order valence-corrected chi connectivity index (χ2v) is 4.01. The molecule has 4 nitrogen and oxygen atoms in total. The van der Waals surface area contributed by atoms with Crippen molar-refractivity contribution in [2.75, 3.05) is 0 Å². The number of hydroxylamine groups is 1. The summed E-state index contributed by atoms with van der Waals surface area (Å²) in [6.07, 6.45) is -0.515. The highest BCUT2D eigenvalue weighted by Gasteiger charge is 2.24. The van der Waals surface area contributed by atoms with Crippen molar-refractivity contribution in [1.29, 1.82) is 0 Å². The number of aromatic nitrogens is 1. The highest BCUT2D eigenvalue weighted by atomic mass is 79.9. The molecule has 1 aromatic heterocycles. The molecule has 2 N–H and O–H groups in total. The van der Waals surface area contributed by atoms with Crippen LogP contribution in [0.1, 0.15) is 17.9 Å². The summed E-state index contributed by atoms with van der Waals surface area (Å²) < 4.78 is 25.1. The summed E-state index contributed by atoms with van der Waals surface area (Å²) in [7, 11) is 0. The second-order valence-electron chi connectivity index (χ2n) is 3.09.